The molecule has 3 heterocycles. The Bertz CT molecular complexity index is 1350. The summed E-state index contributed by atoms with van der Waals surface area (Å²) in [5, 5.41) is 7.99. The number of rotatable bonds is 5. The summed E-state index contributed by atoms with van der Waals surface area (Å²) < 4.78 is 16.6. The van der Waals surface area contributed by atoms with Gasteiger partial charge in [0.1, 0.15) is 18.0 Å². The molecule has 0 aliphatic carbocycles. The van der Waals surface area contributed by atoms with E-state index >= 15 is 0 Å². The molecule has 1 aliphatic heterocycles. The fraction of sp³-hybridized carbons (Fsp3) is 0.308. The Labute approximate surface area is 218 Å². The third kappa shape index (κ3) is 6.06. The van der Waals surface area contributed by atoms with Crippen molar-refractivity contribution in [1.29, 1.82) is 0 Å². The lowest BCUT2D eigenvalue weighted by atomic mass is 10.1. The van der Waals surface area contributed by atoms with Crippen molar-refractivity contribution < 1.29 is 9.18 Å². The SMILES string of the molecule is Cc1cc(CNC=O)ccc1Br.Cc1ccc(-n2cc3c(N4CCN(C)CC4)ncnc3n2)cc1F. The number of hydrogen-bond acceptors (Lipinski definition) is 6. The first kappa shape index (κ1) is 25.7. The van der Waals surface area contributed by atoms with Gasteiger partial charge in [-0.3, -0.25) is 4.79 Å². The molecule has 5 rings (SSSR count). The minimum atomic E-state index is -0.238. The Morgan fingerprint density at radius 3 is 2.53 bits per heavy atom. The molecule has 0 saturated carbocycles. The molecule has 1 fully saturated rings. The van der Waals surface area contributed by atoms with Crippen LogP contribution in [0.15, 0.2) is 53.4 Å². The molecule has 0 radical (unpaired) electrons. The highest BCUT2D eigenvalue weighted by atomic mass is 79.9. The van der Waals surface area contributed by atoms with E-state index in [4.69, 9.17) is 0 Å². The Hall–Kier alpha value is -3.37. The summed E-state index contributed by atoms with van der Waals surface area (Å²) in [6.45, 7) is 8.22. The van der Waals surface area contributed by atoms with E-state index in [1.807, 2.05) is 37.4 Å². The summed E-state index contributed by atoms with van der Waals surface area (Å²) >= 11 is 3.41. The van der Waals surface area contributed by atoms with Crippen LogP contribution in [-0.4, -0.2) is 64.3 Å². The first-order valence-corrected chi connectivity index (χ1v) is 12.5. The summed E-state index contributed by atoms with van der Waals surface area (Å²) in [7, 11) is 2.12. The van der Waals surface area contributed by atoms with Crippen molar-refractivity contribution in [3.05, 3.63) is 75.9 Å². The lowest BCUT2D eigenvalue weighted by Crippen LogP contribution is -2.44. The number of aryl methyl sites for hydroxylation is 2. The van der Waals surface area contributed by atoms with Crippen LogP contribution in [0, 0.1) is 19.7 Å². The molecule has 1 amide bonds. The van der Waals surface area contributed by atoms with E-state index in [0.29, 0.717) is 29.9 Å². The van der Waals surface area contributed by atoms with Crippen LogP contribution in [0.4, 0.5) is 10.2 Å². The van der Waals surface area contributed by atoms with Crippen molar-refractivity contribution >= 4 is 39.2 Å². The molecular formula is C26H29BrFN7O. The summed E-state index contributed by atoms with van der Waals surface area (Å²) in [4.78, 5) is 23.3. The predicted molar refractivity (Wildman–Crippen MR) is 143 cm³/mol. The van der Waals surface area contributed by atoms with Crippen LogP contribution < -0.4 is 10.2 Å². The number of fused-ring (bicyclic) bond motifs is 1. The summed E-state index contributed by atoms with van der Waals surface area (Å²) in [5.74, 6) is 0.657. The molecule has 36 heavy (non-hydrogen) atoms. The van der Waals surface area contributed by atoms with Crippen LogP contribution >= 0.6 is 15.9 Å². The lowest BCUT2D eigenvalue weighted by molar-refractivity contribution is -0.109. The van der Waals surface area contributed by atoms with E-state index in [1.54, 1.807) is 24.0 Å². The number of hydrogen-bond donors (Lipinski definition) is 1. The third-order valence-electron chi connectivity index (χ3n) is 6.13. The van der Waals surface area contributed by atoms with Crippen LogP contribution in [0.2, 0.25) is 0 Å². The van der Waals surface area contributed by atoms with Crippen LogP contribution in [0.1, 0.15) is 16.7 Å². The molecule has 1 aliphatic rings. The van der Waals surface area contributed by atoms with Crippen molar-refractivity contribution in [3.8, 4) is 5.69 Å². The van der Waals surface area contributed by atoms with Crippen molar-refractivity contribution in [2.75, 3.05) is 38.1 Å². The van der Waals surface area contributed by atoms with Crippen molar-refractivity contribution in [1.82, 2.24) is 30.0 Å². The fourth-order valence-electron chi connectivity index (χ4n) is 3.93. The molecule has 2 aromatic heterocycles. The molecule has 2 aromatic carbocycles. The first-order chi connectivity index (χ1) is 17.4. The zero-order valence-electron chi connectivity index (χ0n) is 20.6. The minimum absolute atomic E-state index is 0.238. The average Bonchev–Trinajstić information content (AvgIpc) is 3.32. The monoisotopic (exact) mass is 553 g/mol. The molecule has 10 heteroatoms. The fourth-order valence-corrected chi connectivity index (χ4v) is 4.18. The van der Waals surface area contributed by atoms with Crippen molar-refractivity contribution in [2.45, 2.75) is 20.4 Å². The van der Waals surface area contributed by atoms with Gasteiger partial charge >= 0.3 is 0 Å². The topological polar surface area (TPSA) is 79.2 Å². The lowest BCUT2D eigenvalue weighted by Gasteiger charge is -2.33. The quantitative estimate of drug-likeness (QED) is 0.376. The molecule has 0 unspecified atom stereocenters. The largest absolute Gasteiger partial charge is 0.355 e. The van der Waals surface area contributed by atoms with Gasteiger partial charge in [-0.15, -0.1) is 5.10 Å². The molecular weight excluding hydrogens is 525 g/mol. The number of amides is 1. The molecule has 0 bridgehead atoms. The maximum atomic E-state index is 13.8. The second-order valence-electron chi connectivity index (χ2n) is 8.81. The third-order valence-corrected chi connectivity index (χ3v) is 7.02. The van der Waals surface area contributed by atoms with E-state index in [1.165, 1.54) is 11.6 Å². The van der Waals surface area contributed by atoms with Crippen molar-refractivity contribution in [3.63, 3.8) is 0 Å². The first-order valence-electron chi connectivity index (χ1n) is 11.7. The number of carbonyl (C=O) groups excluding carboxylic acids is 1. The number of nitrogens with zero attached hydrogens (tertiary/aromatic N) is 6. The second-order valence-corrected chi connectivity index (χ2v) is 9.67. The summed E-state index contributed by atoms with van der Waals surface area (Å²) in [6, 6.07) is 11.1. The zero-order chi connectivity index (χ0) is 25.7. The smallest absolute Gasteiger partial charge is 0.207 e. The van der Waals surface area contributed by atoms with Gasteiger partial charge < -0.3 is 15.1 Å². The number of benzene rings is 2. The molecule has 0 atom stereocenters. The maximum Gasteiger partial charge on any atom is 0.207 e. The number of aromatic nitrogens is 4. The predicted octanol–water partition coefficient (Wildman–Crippen LogP) is 4.02. The standard InChI is InChI=1S/C17H19FN6.C9H10BrNO/c1-12-3-4-13(9-15(12)18)24-10-14-16(21-24)19-11-20-17(14)23-7-5-22(2)6-8-23;1-7-4-8(5-11-6-12)2-3-9(7)10/h3-4,9-11H,5-8H2,1-2H3;2-4,6H,5H2,1H3,(H,11,12). The number of anilines is 1. The Kier molecular flexibility index (Phi) is 8.27. The van der Waals surface area contributed by atoms with Gasteiger partial charge in [-0.05, 0) is 55.8 Å². The Balaban J connectivity index is 0.000000214. The normalized spacial score (nSPS) is 13.9. The highest BCUT2D eigenvalue weighted by Gasteiger charge is 2.19. The summed E-state index contributed by atoms with van der Waals surface area (Å²) in [5.41, 5.74) is 4.22. The highest BCUT2D eigenvalue weighted by molar-refractivity contribution is 9.10. The van der Waals surface area contributed by atoms with E-state index in [2.05, 4.69) is 53.2 Å². The molecule has 0 spiro atoms. The van der Waals surface area contributed by atoms with Gasteiger partial charge in [-0.2, -0.15) is 0 Å². The number of likely N-dealkylation sites (N-methyl/N-ethyl adjacent to an activating group) is 1. The average molecular weight is 554 g/mol. The van der Waals surface area contributed by atoms with Gasteiger partial charge in [-0.25, -0.2) is 19.0 Å². The Morgan fingerprint density at radius 1 is 1.06 bits per heavy atom. The highest BCUT2D eigenvalue weighted by Crippen LogP contribution is 2.25. The van der Waals surface area contributed by atoms with Crippen LogP contribution in [-0.2, 0) is 11.3 Å². The van der Waals surface area contributed by atoms with E-state index in [0.717, 1.165) is 47.4 Å². The second kappa shape index (κ2) is 11.6. The van der Waals surface area contributed by atoms with E-state index < -0.39 is 0 Å². The number of carbonyl (C=O) groups is 1. The van der Waals surface area contributed by atoms with Crippen LogP contribution in [0.25, 0.3) is 16.7 Å². The molecule has 8 nitrogen and oxygen atoms in total. The van der Waals surface area contributed by atoms with Gasteiger partial charge in [0.15, 0.2) is 5.65 Å². The van der Waals surface area contributed by atoms with Crippen LogP contribution in [0.3, 0.4) is 0 Å². The van der Waals surface area contributed by atoms with Gasteiger partial charge in [-0.1, -0.05) is 34.1 Å². The molecule has 4 aromatic rings. The van der Waals surface area contributed by atoms with Gasteiger partial charge in [0.25, 0.3) is 0 Å². The Morgan fingerprint density at radius 2 is 1.83 bits per heavy atom. The van der Waals surface area contributed by atoms with E-state index in [-0.39, 0.29) is 5.82 Å². The number of halogens is 2. The molecule has 1 N–H and O–H groups in total. The number of nitrogens with one attached hydrogen (secondary N) is 1. The molecule has 188 valence electrons. The number of piperazine rings is 1. The maximum absolute atomic E-state index is 13.8. The van der Waals surface area contributed by atoms with Crippen LogP contribution in [0.5, 0.6) is 0 Å². The molecule has 1 saturated heterocycles. The zero-order valence-corrected chi connectivity index (χ0v) is 22.2. The minimum Gasteiger partial charge on any atom is -0.355 e. The summed E-state index contributed by atoms with van der Waals surface area (Å²) in [6.07, 6.45) is 4.13. The van der Waals surface area contributed by atoms with Gasteiger partial charge in [0.05, 0.1) is 11.1 Å². The van der Waals surface area contributed by atoms with Crippen molar-refractivity contribution in [2.24, 2.45) is 0 Å². The van der Waals surface area contributed by atoms with Gasteiger partial charge in [0, 0.05) is 43.4 Å². The van der Waals surface area contributed by atoms with E-state index in [9.17, 15) is 9.18 Å². The van der Waals surface area contributed by atoms with Gasteiger partial charge in [0.2, 0.25) is 6.41 Å².